The topological polar surface area (TPSA) is 98.3 Å². The lowest BCUT2D eigenvalue weighted by atomic mass is 10.0. The smallest absolute Gasteiger partial charge is 0.323 e. The molecule has 7 nitrogen and oxygen atoms in total. The number of amides is 1. The number of imidazole rings is 1. The Morgan fingerprint density at radius 2 is 2.14 bits per heavy atom. The van der Waals surface area contributed by atoms with Crippen molar-refractivity contribution in [3.8, 4) is 0 Å². The summed E-state index contributed by atoms with van der Waals surface area (Å²) in [4.78, 5) is 32.6. The molecule has 0 aromatic carbocycles. The predicted molar refractivity (Wildman–Crippen MR) is 74.5 cm³/mol. The van der Waals surface area contributed by atoms with E-state index in [1.54, 1.807) is 11.2 Å². The van der Waals surface area contributed by atoms with Crippen LogP contribution in [0.25, 0.3) is 0 Å². The number of aliphatic carboxylic acids is 1. The van der Waals surface area contributed by atoms with Gasteiger partial charge in [-0.05, 0) is 12.8 Å². The number of fused-ring (bicyclic) bond motifs is 1. The van der Waals surface area contributed by atoms with Crippen molar-refractivity contribution in [3.05, 3.63) is 17.7 Å². The summed E-state index contributed by atoms with van der Waals surface area (Å²) in [5, 5.41) is 12.3. The molecule has 3 N–H and O–H groups in total. The first-order valence-corrected chi connectivity index (χ1v) is 7.42. The molecule has 1 amide bonds. The molecule has 0 saturated heterocycles. The molecule has 0 radical (unpaired) electrons. The van der Waals surface area contributed by atoms with E-state index in [4.69, 9.17) is 5.11 Å². The van der Waals surface area contributed by atoms with Gasteiger partial charge in [0.2, 0.25) is 5.91 Å². The molecular weight excluding hydrogens is 272 g/mol. The van der Waals surface area contributed by atoms with Gasteiger partial charge in [-0.3, -0.25) is 14.9 Å². The van der Waals surface area contributed by atoms with Crippen molar-refractivity contribution in [2.45, 2.75) is 50.7 Å². The maximum absolute atomic E-state index is 12.7. The molecule has 114 valence electrons. The molecule has 3 rings (SSSR count). The van der Waals surface area contributed by atoms with Crippen LogP contribution in [0.1, 0.15) is 37.1 Å². The van der Waals surface area contributed by atoms with E-state index in [1.165, 1.54) is 0 Å². The van der Waals surface area contributed by atoms with E-state index in [2.05, 4.69) is 15.3 Å². The second-order valence-electron chi connectivity index (χ2n) is 5.76. The molecule has 1 unspecified atom stereocenters. The standard InChI is InChI=1S/C14H20N4O3/c19-13(20)7-18(9-3-1-2-4-9)14(21)11-5-10-12(6-15-11)17-8-16-10/h8-9,11,15H,1-7H2,(H,16,17)(H,19,20). The number of carbonyl (C=O) groups excluding carboxylic acids is 1. The summed E-state index contributed by atoms with van der Waals surface area (Å²) in [6.07, 6.45) is 6.08. The van der Waals surface area contributed by atoms with E-state index < -0.39 is 5.97 Å². The summed E-state index contributed by atoms with van der Waals surface area (Å²) >= 11 is 0. The highest BCUT2D eigenvalue weighted by Crippen LogP contribution is 2.25. The lowest BCUT2D eigenvalue weighted by Crippen LogP contribution is -2.53. The van der Waals surface area contributed by atoms with Crippen LogP contribution in [0.3, 0.4) is 0 Å². The molecule has 0 bridgehead atoms. The molecule has 1 aromatic rings. The van der Waals surface area contributed by atoms with Crippen LogP contribution in [-0.2, 0) is 22.6 Å². The van der Waals surface area contributed by atoms with Gasteiger partial charge in [0.25, 0.3) is 0 Å². The fourth-order valence-electron chi connectivity index (χ4n) is 3.29. The Balaban J connectivity index is 1.73. The Morgan fingerprint density at radius 3 is 2.86 bits per heavy atom. The summed E-state index contributed by atoms with van der Waals surface area (Å²) in [6, 6.07) is -0.309. The quantitative estimate of drug-likeness (QED) is 0.740. The predicted octanol–water partition coefficient (Wildman–Crippen LogP) is 0.280. The van der Waals surface area contributed by atoms with E-state index in [9.17, 15) is 9.59 Å². The van der Waals surface area contributed by atoms with E-state index in [1.807, 2.05) is 0 Å². The third-order valence-electron chi connectivity index (χ3n) is 4.38. The van der Waals surface area contributed by atoms with Gasteiger partial charge in [-0.25, -0.2) is 4.98 Å². The largest absolute Gasteiger partial charge is 0.480 e. The number of hydrogen-bond acceptors (Lipinski definition) is 4. The van der Waals surface area contributed by atoms with Crippen LogP contribution in [0.4, 0.5) is 0 Å². The van der Waals surface area contributed by atoms with Crippen LogP contribution in [0.5, 0.6) is 0 Å². The Labute approximate surface area is 122 Å². The summed E-state index contributed by atoms with van der Waals surface area (Å²) in [7, 11) is 0. The normalized spacial score (nSPS) is 22.0. The van der Waals surface area contributed by atoms with Crippen LogP contribution < -0.4 is 5.32 Å². The molecule has 2 heterocycles. The SMILES string of the molecule is O=C(O)CN(C(=O)C1Cc2nc[nH]c2CN1)C1CCCC1. The van der Waals surface area contributed by atoms with Crippen molar-refractivity contribution >= 4 is 11.9 Å². The average molecular weight is 292 g/mol. The van der Waals surface area contributed by atoms with Crippen molar-refractivity contribution in [2.24, 2.45) is 0 Å². The van der Waals surface area contributed by atoms with Crippen molar-refractivity contribution in [1.29, 1.82) is 0 Å². The number of carboxylic acids is 1. The maximum atomic E-state index is 12.7. The van der Waals surface area contributed by atoms with Gasteiger partial charge in [0, 0.05) is 19.0 Å². The molecule has 1 fully saturated rings. The van der Waals surface area contributed by atoms with Gasteiger partial charge in [0.05, 0.1) is 23.8 Å². The molecule has 1 atom stereocenters. The van der Waals surface area contributed by atoms with Gasteiger partial charge in [-0.15, -0.1) is 0 Å². The number of aromatic amines is 1. The van der Waals surface area contributed by atoms with Crippen LogP contribution in [0, 0.1) is 0 Å². The van der Waals surface area contributed by atoms with Crippen molar-refractivity contribution in [2.75, 3.05) is 6.54 Å². The third kappa shape index (κ3) is 2.92. The monoisotopic (exact) mass is 292 g/mol. The van der Waals surface area contributed by atoms with Crippen LogP contribution in [0.15, 0.2) is 6.33 Å². The second-order valence-corrected chi connectivity index (χ2v) is 5.76. The Hall–Kier alpha value is -1.89. The van der Waals surface area contributed by atoms with Crippen LogP contribution in [0.2, 0.25) is 0 Å². The molecule has 21 heavy (non-hydrogen) atoms. The number of nitrogens with one attached hydrogen (secondary N) is 2. The number of carboxylic acid groups (broad SMARTS) is 1. The second kappa shape index (κ2) is 5.85. The molecular formula is C14H20N4O3. The average Bonchev–Trinajstić information content (AvgIpc) is 3.13. The number of rotatable bonds is 4. The minimum absolute atomic E-state index is 0.0657. The Kier molecular flexibility index (Phi) is 3.92. The minimum atomic E-state index is -0.952. The lowest BCUT2D eigenvalue weighted by Gasteiger charge is -2.32. The number of nitrogens with zero attached hydrogens (tertiary/aromatic N) is 2. The maximum Gasteiger partial charge on any atom is 0.323 e. The fourth-order valence-corrected chi connectivity index (χ4v) is 3.29. The summed E-state index contributed by atoms with van der Waals surface area (Å²) in [5.74, 6) is -1.07. The zero-order chi connectivity index (χ0) is 14.8. The molecule has 0 spiro atoms. The van der Waals surface area contributed by atoms with E-state index in [-0.39, 0.29) is 24.5 Å². The summed E-state index contributed by atoms with van der Waals surface area (Å²) < 4.78 is 0. The van der Waals surface area contributed by atoms with Gasteiger partial charge in [0.1, 0.15) is 6.54 Å². The minimum Gasteiger partial charge on any atom is -0.480 e. The molecule has 1 aliphatic carbocycles. The number of aromatic nitrogens is 2. The van der Waals surface area contributed by atoms with E-state index >= 15 is 0 Å². The Morgan fingerprint density at radius 1 is 1.38 bits per heavy atom. The number of hydrogen-bond donors (Lipinski definition) is 3. The van der Waals surface area contributed by atoms with E-state index in [0.29, 0.717) is 13.0 Å². The van der Waals surface area contributed by atoms with Gasteiger partial charge < -0.3 is 15.0 Å². The zero-order valence-electron chi connectivity index (χ0n) is 11.8. The van der Waals surface area contributed by atoms with Gasteiger partial charge in [-0.2, -0.15) is 0 Å². The van der Waals surface area contributed by atoms with Gasteiger partial charge in [-0.1, -0.05) is 12.8 Å². The Bertz CT molecular complexity index is 536. The summed E-state index contributed by atoms with van der Waals surface area (Å²) in [6.45, 7) is 0.354. The van der Waals surface area contributed by atoms with Gasteiger partial charge in [0.15, 0.2) is 0 Å². The fraction of sp³-hybridized carbons (Fsp3) is 0.643. The van der Waals surface area contributed by atoms with E-state index in [0.717, 1.165) is 37.1 Å². The highest BCUT2D eigenvalue weighted by Gasteiger charge is 2.34. The molecule has 1 aliphatic heterocycles. The van der Waals surface area contributed by atoms with Crippen LogP contribution in [-0.4, -0.2) is 50.5 Å². The third-order valence-corrected chi connectivity index (χ3v) is 4.38. The van der Waals surface area contributed by atoms with Gasteiger partial charge >= 0.3 is 5.97 Å². The zero-order valence-corrected chi connectivity index (χ0v) is 11.8. The summed E-state index contributed by atoms with van der Waals surface area (Å²) in [5.41, 5.74) is 1.90. The number of H-pyrrole nitrogens is 1. The molecule has 2 aliphatic rings. The lowest BCUT2D eigenvalue weighted by molar-refractivity contribution is -0.147. The first kappa shape index (κ1) is 14.1. The van der Waals surface area contributed by atoms with Crippen LogP contribution >= 0.6 is 0 Å². The highest BCUT2D eigenvalue weighted by molar-refractivity contribution is 5.86. The molecule has 7 heteroatoms. The van der Waals surface area contributed by atoms with Crippen molar-refractivity contribution in [3.63, 3.8) is 0 Å². The number of carbonyl (C=O) groups is 2. The first-order valence-electron chi connectivity index (χ1n) is 7.42. The van der Waals surface area contributed by atoms with Crippen molar-refractivity contribution in [1.82, 2.24) is 20.2 Å². The van der Waals surface area contributed by atoms with Crippen molar-refractivity contribution < 1.29 is 14.7 Å². The molecule has 1 aromatic heterocycles. The highest BCUT2D eigenvalue weighted by atomic mass is 16.4. The first-order chi connectivity index (χ1) is 10.1. The molecule has 1 saturated carbocycles.